The van der Waals surface area contributed by atoms with Crippen LogP contribution in [0.5, 0.6) is 0 Å². The molecule has 0 saturated carbocycles. The van der Waals surface area contributed by atoms with Gasteiger partial charge in [0.15, 0.2) is 0 Å². The minimum atomic E-state index is -1.66. The summed E-state index contributed by atoms with van der Waals surface area (Å²) in [6.45, 7) is 7.63. The molecule has 0 spiro atoms. The van der Waals surface area contributed by atoms with Crippen molar-refractivity contribution in [3.63, 3.8) is 0 Å². The first kappa shape index (κ1) is 12.4. The average Bonchev–Trinajstić information content (AvgIpc) is 2.20. The molecule has 1 fully saturated rings. The Kier molecular flexibility index (Phi) is 4.47. The molecular weight excluding hydrogens is 197 g/mol. The van der Waals surface area contributed by atoms with Gasteiger partial charge in [-0.25, -0.2) is 4.39 Å². The van der Waals surface area contributed by atoms with Crippen LogP contribution in [0.25, 0.3) is 0 Å². The largest absolute Gasteiger partial charge is 0.352 e. The van der Waals surface area contributed by atoms with Crippen LogP contribution in [0.2, 0.25) is 0 Å². The molecule has 1 heterocycles. The van der Waals surface area contributed by atoms with Crippen molar-refractivity contribution < 1.29 is 9.18 Å². The van der Waals surface area contributed by atoms with Crippen molar-refractivity contribution >= 4 is 5.91 Å². The molecule has 0 aliphatic carbocycles. The van der Waals surface area contributed by atoms with Crippen LogP contribution in [0.3, 0.4) is 0 Å². The number of alkyl halides is 1. The summed E-state index contributed by atoms with van der Waals surface area (Å²) in [5.41, 5.74) is -1.66. The summed E-state index contributed by atoms with van der Waals surface area (Å²) in [7, 11) is 0. The van der Waals surface area contributed by atoms with E-state index in [1.165, 1.54) is 0 Å². The van der Waals surface area contributed by atoms with E-state index in [9.17, 15) is 9.18 Å². The molecule has 5 heteroatoms. The van der Waals surface area contributed by atoms with Crippen molar-refractivity contribution in [1.82, 2.24) is 15.5 Å². The lowest BCUT2D eigenvalue weighted by Crippen LogP contribution is -2.64. The maximum absolute atomic E-state index is 13.5. The number of carbonyl (C=O) groups excluding carboxylic acids is 1. The van der Waals surface area contributed by atoms with Crippen molar-refractivity contribution in [3.05, 3.63) is 0 Å². The zero-order valence-electron chi connectivity index (χ0n) is 9.48. The van der Waals surface area contributed by atoms with Crippen LogP contribution in [0.4, 0.5) is 4.39 Å². The lowest BCUT2D eigenvalue weighted by atomic mass is 9.99. The Morgan fingerprint density at radius 2 is 2.07 bits per heavy atom. The molecule has 0 aromatic carbocycles. The number of nitrogens with one attached hydrogen (secondary N) is 2. The van der Waals surface area contributed by atoms with Crippen LogP contribution in [0.15, 0.2) is 0 Å². The fourth-order valence-corrected chi connectivity index (χ4v) is 1.53. The summed E-state index contributed by atoms with van der Waals surface area (Å²) in [6, 6.07) is 0. The Labute approximate surface area is 90.2 Å². The second-order valence-corrected chi connectivity index (χ2v) is 3.85. The maximum atomic E-state index is 13.5. The van der Waals surface area contributed by atoms with E-state index >= 15 is 0 Å². The van der Waals surface area contributed by atoms with Gasteiger partial charge in [0.25, 0.3) is 5.91 Å². The van der Waals surface area contributed by atoms with Crippen LogP contribution >= 0.6 is 0 Å². The standard InChI is InChI=1S/C10H20FN3O/c1-3-14(4-2)6-5-13-9(15)10(11)7-12-8-10/h12H,3-8H2,1-2H3,(H,13,15). The molecule has 1 aliphatic heterocycles. The monoisotopic (exact) mass is 217 g/mol. The highest BCUT2D eigenvalue weighted by molar-refractivity contribution is 5.86. The number of carbonyl (C=O) groups is 1. The van der Waals surface area contributed by atoms with Crippen LogP contribution in [0.1, 0.15) is 13.8 Å². The third-order valence-electron chi connectivity index (χ3n) is 2.83. The highest BCUT2D eigenvalue weighted by atomic mass is 19.1. The van der Waals surface area contributed by atoms with E-state index in [1.807, 2.05) is 0 Å². The van der Waals surface area contributed by atoms with E-state index < -0.39 is 11.6 Å². The van der Waals surface area contributed by atoms with E-state index in [1.54, 1.807) is 0 Å². The molecular formula is C10H20FN3O. The van der Waals surface area contributed by atoms with Crippen LogP contribution < -0.4 is 10.6 Å². The fourth-order valence-electron chi connectivity index (χ4n) is 1.53. The van der Waals surface area contributed by atoms with Gasteiger partial charge in [-0.1, -0.05) is 13.8 Å². The maximum Gasteiger partial charge on any atom is 0.260 e. The van der Waals surface area contributed by atoms with E-state index in [0.717, 1.165) is 19.6 Å². The summed E-state index contributed by atoms with van der Waals surface area (Å²) < 4.78 is 13.5. The fraction of sp³-hybridized carbons (Fsp3) is 0.900. The molecule has 1 saturated heterocycles. The third-order valence-corrected chi connectivity index (χ3v) is 2.83. The van der Waals surface area contributed by atoms with Gasteiger partial charge >= 0.3 is 0 Å². The van der Waals surface area contributed by atoms with Crippen molar-refractivity contribution in [2.45, 2.75) is 19.5 Å². The van der Waals surface area contributed by atoms with Gasteiger partial charge in [0.1, 0.15) is 0 Å². The molecule has 0 unspecified atom stereocenters. The van der Waals surface area contributed by atoms with Crippen molar-refractivity contribution in [3.8, 4) is 0 Å². The number of hydrogen-bond acceptors (Lipinski definition) is 3. The highest BCUT2D eigenvalue weighted by Gasteiger charge is 2.44. The van der Waals surface area contributed by atoms with E-state index in [2.05, 4.69) is 29.4 Å². The normalized spacial score (nSPS) is 18.7. The summed E-state index contributed by atoms with van der Waals surface area (Å²) in [4.78, 5) is 13.5. The topological polar surface area (TPSA) is 44.4 Å². The molecule has 0 bridgehead atoms. The zero-order valence-corrected chi connectivity index (χ0v) is 9.48. The Balaban J connectivity index is 2.17. The molecule has 88 valence electrons. The van der Waals surface area contributed by atoms with Crippen molar-refractivity contribution in [2.75, 3.05) is 39.3 Å². The van der Waals surface area contributed by atoms with Crippen LogP contribution in [-0.4, -0.2) is 55.7 Å². The average molecular weight is 217 g/mol. The molecule has 15 heavy (non-hydrogen) atoms. The molecule has 0 radical (unpaired) electrons. The van der Waals surface area contributed by atoms with Crippen molar-refractivity contribution in [2.24, 2.45) is 0 Å². The minimum Gasteiger partial charge on any atom is -0.352 e. The number of rotatable bonds is 6. The second kappa shape index (κ2) is 5.42. The van der Waals surface area contributed by atoms with Gasteiger partial charge in [0.2, 0.25) is 5.67 Å². The van der Waals surface area contributed by atoms with Gasteiger partial charge in [-0.15, -0.1) is 0 Å². The number of nitrogens with zero attached hydrogens (tertiary/aromatic N) is 1. The third kappa shape index (κ3) is 3.14. The van der Waals surface area contributed by atoms with Gasteiger partial charge < -0.3 is 15.5 Å². The SMILES string of the molecule is CCN(CC)CCNC(=O)C1(F)CNC1. The predicted molar refractivity (Wildman–Crippen MR) is 57.5 cm³/mol. The van der Waals surface area contributed by atoms with Crippen LogP contribution in [0, 0.1) is 0 Å². The molecule has 0 atom stereocenters. The van der Waals surface area contributed by atoms with E-state index in [-0.39, 0.29) is 13.1 Å². The molecule has 1 rings (SSSR count). The second-order valence-electron chi connectivity index (χ2n) is 3.85. The summed E-state index contributed by atoms with van der Waals surface area (Å²) in [5, 5.41) is 5.39. The lowest BCUT2D eigenvalue weighted by molar-refractivity contribution is -0.136. The summed E-state index contributed by atoms with van der Waals surface area (Å²) in [6.07, 6.45) is 0. The zero-order chi connectivity index (χ0) is 11.3. The van der Waals surface area contributed by atoms with Gasteiger partial charge in [-0.3, -0.25) is 4.79 Å². The first-order valence-corrected chi connectivity index (χ1v) is 5.52. The summed E-state index contributed by atoms with van der Waals surface area (Å²) >= 11 is 0. The van der Waals surface area contributed by atoms with Gasteiger partial charge in [0, 0.05) is 26.2 Å². The van der Waals surface area contributed by atoms with E-state index in [4.69, 9.17) is 0 Å². The van der Waals surface area contributed by atoms with Crippen molar-refractivity contribution in [1.29, 1.82) is 0 Å². The first-order chi connectivity index (χ1) is 7.12. The van der Waals surface area contributed by atoms with E-state index in [0.29, 0.717) is 6.54 Å². The van der Waals surface area contributed by atoms with Gasteiger partial charge in [-0.2, -0.15) is 0 Å². The Hall–Kier alpha value is -0.680. The smallest absolute Gasteiger partial charge is 0.260 e. The molecule has 1 amide bonds. The van der Waals surface area contributed by atoms with Gasteiger partial charge in [-0.05, 0) is 13.1 Å². The minimum absolute atomic E-state index is 0.143. The predicted octanol–water partition coefficient (Wildman–Crippen LogP) is -0.244. The molecule has 4 nitrogen and oxygen atoms in total. The van der Waals surface area contributed by atoms with Gasteiger partial charge in [0.05, 0.1) is 0 Å². The number of halogens is 1. The number of likely N-dealkylation sites (N-methyl/N-ethyl adjacent to an activating group) is 1. The molecule has 0 aromatic heterocycles. The Morgan fingerprint density at radius 1 is 1.47 bits per heavy atom. The Morgan fingerprint density at radius 3 is 2.47 bits per heavy atom. The highest BCUT2D eigenvalue weighted by Crippen LogP contribution is 2.15. The van der Waals surface area contributed by atoms with Crippen LogP contribution in [-0.2, 0) is 4.79 Å². The quantitative estimate of drug-likeness (QED) is 0.645. The molecule has 0 aromatic rings. The number of hydrogen-bond donors (Lipinski definition) is 2. The lowest BCUT2D eigenvalue weighted by Gasteiger charge is -2.33. The Bertz CT molecular complexity index is 215. The molecule has 2 N–H and O–H groups in total. The summed E-state index contributed by atoms with van der Waals surface area (Å²) in [5.74, 6) is -0.478. The molecule has 1 aliphatic rings. The first-order valence-electron chi connectivity index (χ1n) is 5.52. The number of amides is 1.